The van der Waals surface area contributed by atoms with Crippen molar-refractivity contribution in [1.29, 1.82) is 0 Å². The molecule has 3 aromatic rings. The predicted octanol–water partition coefficient (Wildman–Crippen LogP) is 3.70. The SMILES string of the molecule is O=C(NCc1cccs1)C1CCC(CNS(=O)(=O)c2cccc3cccnc23)CC1. The van der Waals surface area contributed by atoms with E-state index in [2.05, 4.69) is 15.0 Å². The summed E-state index contributed by atoms with van der Waals surface area (Å²) in [4.78, 5) is 18.0. The molecule has 2 N–H and O–H groups in total. The first-order chi connectivity index (χ1) is 14.5. The number of nitrogens with zero attached hydrogens (tertiary/aromatic N) is 1. The van der Waals surface area contributed by atoms with Crippen LogP contribution in [0.15, 0.2) is 58.9 Å². The maximum Gasteiger partial charge on any atom is 0.242 e. The zero-order chi connectivity index (χ0) is 21.0. The zero-order valence-corrected chi connectivity index (χ0v) is 18.2. The quantitative estimate of drug-likeness (QED) is 0.583. The highest BCUT2D eigenvalue weighted by Crippen LogP contribution is 2.29. The molecule has 4 rings (SSSR count). The Balaban J connectivity index is 1.29. The number of fused-ring (bicyclic) bond motifs is 1. The van der Waals surface area contributed by atoms with Crippen LogP contribution in [0, 0.1) is 11.8 Å². The number of aromatic nitrogens is 1. The van der Waals surface area contributed by atoms with Crippen LogP contribution in [0.2, 0.25) is 0 Å². The summed E-state index contributed by atoms with van der Waals surface area (Å²) in [6.07, 6.45) is 4.86. The van der Waals surface area contributed by atoms with E-state index in [9.17, 15) is 13.2 Å². The maximum atomic E-state index is 12.8. The molecule has 8 heteroatoms. The van der Waals surface area contributed by atoms with Crippen molar-refractivity contribution in [3.63, 3.8) is 0 Å². The Labute approximate surface area is 180 Å². The van der Waals surface area contributed by atoms with Gasteiger partial charge < -0.3 is 5.32 Å². The number of sulfonamides is 1. The number of hydrogen-bond acceptors (Lipinski definition) is 5. The molecule has 1 aromatic carbocycles. The average Bonchev–Trinajstić information content (AvgIpc) is 3.30. The molecule has 6 nitrogen and oxygen atoms in total. The second kappa shape index (κ2) is 9.24. The molecular weight excluding hydrogens is 418 g/mol. The van der Waals surface area contributed by atoms with Crippen molar-refractivity contribution in [2.45, 2.75) is 37.1 Å². The molecule has 0 atom stereocenters. The van der Waals surface area contributed by atoms with Gasteiger partial charge in [-0.3, -0.25) is 9.78 Å². The number of amides is 1. The van der Waals surface area contributed by atoms with Crippen LogP contribution in [-0.4, -0.2) is 25.9 Å². The van der Waals surface area contributed by atoms with Crippen LogP contribution < -0.4 is 10.0 Å². The molecular formula is C22H25N3O3S2. The fourth-order valence-corrected chi connectivity index (χ4v) is 5.90. The van der Waals surface area contributed by atoms with E-state index in [1.807, 2.05) is 29.6 Å². The first kappa shape index (κ1) is 21.0. The Morgan fingerprint density at radius 3 is 2.63 bits per heavy atom. The third kappa shape index (κ3) is 4.88. The van der Waals surface area contributed by atoms with Crippen LogP contribution in [0.3, 0.4) is 0 Å². The first-order valence-corrected chi connectivity index (χ1v) is 12.5. The number of para-hydroxylation sites is 1. The van der Waals surface area contributed by atoms with Gasteiger partial charge in [0.15, 0.2) is 0 Å². The van der Waals surface area contributed by atoms with Gasteiger partial charge in [-0.05, 0) is 55.2 Å². The standard InChI is InChI=1S/C22H25N3O3S2/c26-22(24-15-19-6-3-13-29-19)18-10-8-16(9-11-18)14-25-30(27,28)20-7-1-4-17-5-2-12-23-21(17)20/h1-7,12-13,16,18,25H,8-11,14-15H2,(H,24,26). The lowest BCUT2D eigenvalue weighted by Crippen LogP contribution is -2.35. The van der Waals surface area contributed by atoms with E-state index >= 15 is 0 Å². The lowest BCUT2D eigenvalue weighted by molar-refractivity contribution is -0.126. The van der Waals surface area contributed by atoms with Gasteiger partial charge in [0, 0.05) is 28.9 Å². The minimum absolute atomic E-state index is 0.0140. The number of rotatable bonds is 7. The Morgan fingerprint density at radius 2 is 1.87 bits per heavy atom. The van der Waals surface area contributed by atoms with Crippen LogP contribution in [0.4, 0.5) is 0 Å². The largest absolute Gasteiger partial charge is 0.351 e. The van der Waals surface area contributed by atoms with Crippen molar-refractivity contribution in [1.82, 2.24) is 15.0 Å². The number of carbonyl (C=O) groups is 1. The predicted molar refractivity (Wildman–Crippen MR) is 119 cm³/mol. The van der Waals surface area contributed by atoms with E-state index in [0.29, 0.717) is 18.6 Å². The second-order valence-corrected chi connectivity index (χ2v) is 10.5. The maximum absolute atomic E-state index is 12.8. The second-order valence-electron chi connectivity index (χ2n) is 7.70. The molecule has 0 unspecified atom stereocenters. The zero-order valence-electron chi connectivity index (χ0n) is 16.6. The number of carbonyl (C=O) groups excluding carboxylic acids is 1. The van der Waals surface area contributed by atoms with Gasteiger partial charge in [0.2, 0.25) is 15.9 Å². The lowest BCUT2D eigenvalue weighted by atomic mass is 9.81. The number of pyridine rings is 1. The molecule has 0 spiro atoms. The summed E-state index contributed by atoms with van der Waals surface area (Å²) < 4.78 is 28.4. The summed E-state index contributed by atoms with van der Waals surface area (Å²) in [5, 5.41) is 5.82. The molecule has 0 radical (unpaired) electrons. The van der Waals surface area contributed by atoms with Gasteiger partial charge in [-0.25, -0.2) is 13.1 Å². The summed E-state index contributed by atoms with van der Waals surface area (Å²) in [6, 6.07) is 12.8. The molecule has 0 saturated heterocycles. The van der Waals surface area contributed by atoms with Gasteiger partial charge >= 0.3 is 0 Å². The van der Waals surface area contributed by atoms with Crippen molar-refractivity contribution in [3.8, 4) is 0 Å². The molecule has 1 amide bonds. The van der Waals surface area contributed by atoms with E-state index in [0.717, 1.165) is 35.9 Å². The summed E-state index contributed by atoms with van der Waals surface area (Å²) >= 11 is 1.64. The summed E-state index contributed by atoms with van der Waals surface area (Å²) in [5.41, 5.74) is 0.485. The fourth-order valence-electron chi connectivity index (χ4n) is 3.96. The molecule has 1 saturated carbocycles. The highest BCUT2D eigenvalue weighted by molar-refractivity contribution is 7.89. The van der Waals surface area contributed by atoms with Gasteiger partial charge in [-0.1, -0.05) is 24.3 Å². The van der Waals surface area contributed by atoms with Crippen molar-refractivity contribution < 1.29 is 13.2 Å². The Morgan fingerprint density at radius 1 is 1.07 bits per heavy atom. The average molecular weight is 444 g/mol. The highest BCUT2D eigenvalue weighted by Gasteiger charge is 2.27. The van der Waals surface area contributed by atoms with Crippen molar-refractivity contribution in [2.24, 2.45) is 11.8 Å². The molecule has 0 aliphatic heterocycles. The van der Waals surface area contributed by atoms with Crippen molar-refractivity contribution in [2.75, 3.05) is 6.54 Å². The molecule has 2 heterocycles. The Hall–Kier alpha value is -2.29. The summed E-state index contributed by atoms with van der Waals surface area (Å²) in [6.45, 7) is 0.963. The molecule has 30 heavy (non-hydrogen) atoms. The number of thiophene rings is 1. The van der Waals surface area contributed by atoms with Gasteiger partial charge in [-0.2, -0.15) is 0 Å². The molecule has 2 aromatic heterocycles. The van der Waals surface area contributed by atoms with Crippen LogP contribution in [-0.2, 0) is 21.4 Å². The van der Waals surface area contributed by atoms with Gasteiger partial charge in [-0.15, -0.1) is 11.3 Å². The smallest absolute Gasteiger partial charge is 0.242 e. The third-order valence-corrected chi connectivity index (χ3v) is 8.01. The Kier molecular flexibility index (Phi) is 6.46. The third-order valence-electron chi connectivity index (χ3n) is 5.68. The van der Waals surface area contributed by atoms with Crippen LogP contribution in [0.25, 0.3) is 10.9 Å². The highest BCUT2D eigenvalue weighted by atomic mass is 32.2. The summed E-state index contributed by atoms with van der Waals surface area (Å²) in [7, 11) is -3.64. The van der Waals surface area contributed by atoms with E-state index in [-0.39, 0.29) is 22.6 Å². The minimum atomic E-state index is -3.64. The normalized spacial score (nSPS) is 19.6. The van der Waals surface area contributed by atoms with Crippen LogP contribution in [0.1, 0.15) is 30.6 Å². The van der Waals surface area contributed by atoms with Crippen molar-refractivity contribution >= 4 is 38.2 Å². The monoisotopic (exact) mass is 443 g/mol. The van der Waals surface area contributed by atoms with Crippen molar-refractivity contribution in [3.05, 3.63) is 58.9 Å². The number of benzene rings is 1. The Bertz CT molecular complexity index is 1100. The summed E-state index contributed by atoms with van der Waals surface area (Å²) in [5.74, 6) is 0.355. The van der Waals surface area contributed by atoms with E-state index in [1.54, 1.807) is 35.7 Å². The lowest BCUT2D eigenvalue weighted by Gasteiger charge is -2.27. The van der Waals surface area contributed by atoms with E-state index < -0.39 is 10.0 Å². The van der Waals surface area contributed by atoms with Crippen LogP contribution in [0.5, 0.6) is 0 Å². The van der Waals surface area contributed by atoms with Gasteiger partial charge in [0.25, 0.3) is 0 Å². The molecule has 1 fully saturated rings. The minimum Gasteiger partial charge on any atom is -0.351 e. The number of hydrogen-bond donors (Lipinski definition) is 2. The van der Waals surface area contributed by atoms with Crippen LogP contribution >= 0.6 is 11.3 Å². The fraction of sp³-hybridized carbons (Fsp3) is 0.364. The van der Waals surface area contributed by atoms with Gasteiger partial charge in [0.1, 0.15) is 4.90 Å². The molecule has 158 valence electrons. The van der Waals surface area contributed by atoms with E-state index in [1.165, 1.54) is 0 Å². The van der Waals surface area contributed by atoms with Gasteiger partial charge in [0.05, 0.1) is 12.1 Å². The first-order valence-electron chi connectivity index (χ1n) is 10.2. The molecule has 1 aliphatic rings. The topological polar surface area (TPSA) is 88.2 Å². The molecule has 1 aliphatic carbocycles. The van der Waals surface area contributed by atoms with E-state index in [4.69, 9.17) is 0 Å². The number of nitrogens with one attached hydrogen (secondary N) is 2. The molecule has 0 bridgehead atoms.